The van der Waals surface area contributed by atoms with Gasteiger partial charge in [-0.1, -0.05) is 0 Å². The van der Waals surface area contributed by atoms with E-state index in [0.29, 0.717) is 17.6 Å². The number of halogens is 2. The Morgan fingerprint density at radius 1 is 1.20 bits per heavy atom. The van der Waals surface area contributed by atoms with Crippen LogP contribution < -0.4 is 5.32 Å². The second kappa shape index (κ2) is 7.14. The van der Waals surface area contributed by atoms with Crippen molar-refractivity contribution in [2.45, 2.75) is 38.3 Å². The third-order valence-electron chi connectivity index (χ3n) is 5.12. The molecule has 2 fully saturated rings. The number of carbonyl (C=O) groups is 1. The van der Waals surface area contributed by atoms with E-state index in [-0.39, 0.29) is 24.1 Å². The molecular weight excluding hydrogens is 343 g/mol. The van der Waals surface area contributed by atoms with Gasteiger partial charge < -0.3 is 10.2 Å². The molecule has 1 aromatic carbocycles. The van der Waals surface area contributed by atoms with Crippen molar-refractivity contribution in [3.8, 4) is 5.69 Å². The second-order valence-electron chi connectivity index (χ2n) is 6.71. The van der Waals surface area contributed by atoms with E-state index in [9.17, 15) is 9.18 Å². The highest BCUT2D eigenvalue weighted by molar-refractivity contribution is 5.95. The summed E-state index contributed by atoms with van der Waals surface area (Å²) in [5.41, 5.74) is 2.16. The average Bonchev–Trinajstić information content (AvgIpc) is 3.10. The smallest absolute Gasteiger partial charge is 0.257 e. The number of benzene rings is 1. The van der Waals surface area contributed by atoms with Crippen LogP contribution in [-0.2, 0) is 0 Å². The Bertz CT molecular complexity index is 761. The molecule has 5 nitrogen and oxygen atoms in total. The fraction of sp³-hybridized carbons (Fsp3) is 0.444. The molecule has 2 bridgehead atoms. The molecule has 2 aromatic rings. The molecular formula is C18H22ClFN4O. The fourth-order valence-corrected chi connectivity index (χ4v) is 3.76. The zero-order valence-electron chi connectivity index (χ0n) is 14.1. The van der Waals surface area contributed by atoms with Gasteiger partial charge in [0.1, 0.15) is 5.82 Å². The lowest BCUT2D eigenvalue weighted by molar-refractivity contribution is 0.0747. The molecule has 7 heteroatoms. The summed E-state index contributed by atoms with van der Waals surface area (Å²) in [7, 11) is 0. The summed E-state index contributed by atoms with van der Waals surface area (Å²) < 4.78 is 14.8. The van der Waals surface area contributed by atoms with E-state index in [1.54, 1.807) is 23.0 Å². The van der Waals surface area contributed by atoms with Crippen LogP contribution in [0.25, 0.3) is 5.69 Å². The molecule has 1 N–H and O–H groups in total. The lowest BCUT2D eigenvalue weighted by Crippen LogP contribution is -2.39. The lowest BCUT2D eigenvalue weighted by atomic mass is 10.1. The largest absolute Gasteiger partial charge is 0.337 e. The molecule has 1 amide bonds. The fourth-order valence-electron chi connectivity index (χ4n) is 3.76. The van der Waals surface area contributed by atoms with Gasteiger partial charge in [0.25, 0.3) is 5.91 Å². The first kappa shape index (κ1) is 17.9. The van der Waals surface area contributed by atoms with Gasteiger partial charge in [-0.3, -0.25) is 4.79 Å². The number of rotatable bonds is 2. The SMILES string of the molecule is Cc1c(C(=O)N2CCC3CCC(C2)N3)cnn1-c1ccc(F)cc1.Cl. The highest BCUT2D eigenvalue weighted by Crippen LogP contribution is 2.23. The van der Waals surface area contributed by atoms with E-state index in [0.717, 1.165) is 37.3 Å². The quantitative estimate of drug-likeness (QED) is 0.891. The van der Waals surface area contributed by atoms with E-state index in [1.807, 2.05) is 11.8 Å². The van der Waals surface area contributed by atoms with E-state index >= 15 is 0 Å². The van der Waals surface area contributed by atoms with Crippen molar-refractivity contribution in [3.63, 3.8) is 0 Å². The minimum atomic E-state index is -0.285. The first-order valence-corrected chi connectivity index (χ1v) is 8.47. The molecule has 2 atom stereocenters. The van der Waals surface area contributed by atoms with Crippen LogP contribution in [-0.4, -0.2) is 45.8 Å². The van der Waals surface area contributed by atoms with E-state index < -0.39 is 0 Å². The van der Waals surface area contributed by atoms with Crippen LogP contribution in [0.3, 0.4) is 0 Å². The van der Waals surface area contributed by atoms with Crippen molar-refractivity contribution in [2.75, 3.05) is 13.1 Å². The second-order valence-corrected chi connectivity index (χ2v) is 6.71. The average molecular weight is 365 g/mol. The van der Waals surface area contributed by atoms with Crippen LogP contribution in [0.1, 0.15) is 35.3 Å². The number of carbonyl (C=O) groups excluding carboxylic acids is 1. The Morgan fingerprint density at radius 2 is 1.92 bits per heavy atom. The van der Waals surface area contributed by atoms with Crippen LogP contribution in [0, 0.1) is 12.7 Å². The predicted octanol–water partition coefficient (Wildman–Crippen LogP) is 2.71. The van der Waals surface area contributed by atoms with Crippen LogP contribution in [0.2, 0.25) is 0 Å². The van der Waals surface area contributed by atoms with Gasteiger partial charge in [0.2, 0.25) is 0 Å². The summed E-state index contributed by atoms with van der Waals surface area (Å²) in [6.45, 7) is 3.43. The van der Waals surface area contributed by atoms with Crippen molar-refractivity contribution in [2.24, 2.45) is 0 Å². The summed E-state index contributed by atoms with van der Waals surface area (Å²) in [5.74, 6) is -0.248. The molecule has 2 aliphatic rings. The van der Waals surface area contributed by atoms with Crippen molar-refractivity contribution >= 4 is 18.3 Å². The Kier molecular flexibility index (Phi) is 5.11. The number of hydrogen-bond donors (Lipinski definition) is 1. The van der Waals surface area contributed by atoms with Crippen LogP contribution in [0.15, 0.2) is 30.5 Å². The maximum atomic E-state index is 13.1. The van der Waals surface area contributed by atoms with E-state index in [1.165, 1.54) is 18.6 Å². The topological polar surface area (TPSA) is 50.2 Å². The minimum Gasteiger partial charge on any atom is -0.337 e. The summed E-state index contributed by atoms with van der Waals surface area (Å²) in [4.78, 5) is 14.9. The van der Waals surface area contributed by atoms with Crippen LogP contribution in [0.5, 0.6) is 0 Å². The lowest BCUT2D eigenvalue weighted by Gasteiger charge is -2.24. The van der Waals surface area contributed by atoms with Gasteiger partial charge in [-0.15, -0.1) is 12.4 Å². The van der Waals surface area contributed by atoms with Gasteiger partial charge >= 0.3 is 0 Å². The number of amides is 1. The first-order chi connectivity index (χ1) is 11.6. The molecule has 2 saturated heterocycles. The van der Waals surface area contributed by atoms with Gasteiger partial charge in [-0.25, -0.2) is 9.07 Å². The Morgan fingerprint density at radius 3 is 2.68 bits per heavy atom. The summed E-state index contributed by atoms with van der Waals surface area (Å²) in [6, 6.07) is 7.09. The number of aromatic nitrogens is 2. The Balaban J connectivity index is 0.00000182. The summed E-state index contributed by atoms with van der Waals surface area (Å²) >= 11 is 0. The maximum absolute atomic E-state index is 13.1. The molecule has 0 aliphatic carbocycles. The third kappa shape index (κ3) is 3.41. The van der Waals surface area contributed by atoms with Gasteiger partial charge in [0, 0.05) is 25.2 Å². The standard InChI is InChI=1S/C18H21FN4O.ClH/c1-12-17(10-20-23(12)16-6-2-13(19)3-7-16)18(24)22-9-8-14-4-5-15(11-22)21-14;/h2-3,6-7,10,14-15,21H,4-5,8-9,11H2,1H3;1H. The number of hydrogen-bond acceptors (Lipinski definition) is 3. The van der Waals surface area contributed by atoms with Crippen LogP contribution >= 0.6 is 12.4 Å². The Hall–Kier alpha value is -1.92. The molecule has 3 heterocycles. The van der Waals surface area contributed by atoms with E-state index in [4.69, 9.17) is 0 Å². The first-order valence-electron chi connectivity index (χ1n) is 8.47. The zero-order chi connectivity index (χ0) is 16.7. The monoisotopic (exact) mass is 364 g/mol. The predicted molar refractivity (Wildman–Crippen MR) is 96.0 cm³/mol. The highest BCUT2D eigenvalue weighted by atomic mass is 35.5. The number of fused-ring (bicyclic) bond motifs is 2. The number of nitrogens with zero attached hydrogens (tertiary/aromatic N) is 3. The van der Waals surface area contributed by atoms with Crippen molar-refractivity contribution in [3.05, 3.63) is 47.5 Å². The molecule has 0 spiro atoms. The molecule has 4 rings (SSSR count). The van der Waals surface area contributed by atoms with Gasteiger partial charge in [-0.05, 0) is 50.5 Å². The molecule has 134 valence electrons. The number of nitrogens with one attached hydrogen (secondary N) is 1. The Labute approximate surface area is 152 Å². The van der Waals surface area contributed by atoms with Crippen molar-refractivity contribution in [1.29, 1.82) is 0 Å². The third-order valence-corrected chi connectivity index (χ3v) is 5.12. The van der Waals surface area contributed by atoms with Gasteiger partial charge in [0.15, 0.2) is 0 Å². The minimum absolute atomic E-state index is 0. The van der Waals surface area contributed by atoms with E-state index in [2.05, 4.69) is 10.4 Å². The summed E-state index contributed by atoms with van der Waals surface area (Å²) in [6.07, 6.45) is 4.99. The van der Waals surface area contributed by atoms with Crippen molar-refractivity contribution < 1.29 is 9.18 Å². The normalized spacial score (nSPS) is 22.4. The molecule has 2 unspecified atom stereocenters. The highest BCUT2D eigenvalue weighted by Gasteiger charge is 2.32. The molecule has 2 aliphatic heterocycles. The number of likely N-dealkylation sites (tertiary alicyclic amines) is 1. The molecule has 25 heavy (non-hydrogen) atoms. The maximum Gasteiger partial charge on any atom is 0.257 e. The molecule has 0 radical (unpaired) electrons. The van der Waals surface area contributed by atoms with Crippen molar-refractivity contribution in [1.82, 2.24) is 20.0 Å². The van der Waals surface area contributed by atoms with Gasteiger partial charge in [-0.2, -0.15) is 5.10 Å². The molecule has 1 aromatic heterocycles. The van der Waals surface area contributed by atoms with Crippen LogP contribution in [0.4, 0.5) is 4.39 Å². The summed E-state index contributed by atoms with van der Waals surface area (Å²) in [5, 5.41) is 7.92. The van der Waals surface area contributed by atoms with Gasteiger partial charge in [0.05, 0.1) is 23.1 Å². The molecule has 0 saturated carbocycles. The zero-order valence-corrected chi connectivity index (χ0v) is 14.9.